The van der Waals surface area contributed by atoms with Crippen LogP contribution in [0.3, 0.4) is 0 Å². The molecule has 8 aromatic carbocycles. The average molecular weight is 1420 g/mol. The van der Waals surface area contributed by atoms with Crippen molar-refractivity contribution in [2.24, 2.45) is 7.05 Å². The summed E-state index contributed by atoms with van der Waals surface area (Å²) in [5, 5.41) is 53.1. The smallest absolute Gasteiger partial charge is 0.147 e. The quantitative estimate of drug-likeness (QED) is 0.0442. The molecular weight excluding hydrogens is 1330 g/mol. The van der Waals surface area contributed by atoms with Gasteiger partial charge >= 0.3 is 0 Å². The van der Waals surface area contributed by atoms with Crippen LogP contribution in [0.5, 0.6) is 0 Å². The predicted octanol–water partition coefficient (Wildman–Crippen LogP) is 14.1. The van der Waals surface area contributed by atoms with E-state index < -0.39 is 0 Å². The van der Waals surface area contributed by atoms with E-state index >= 15 is 0 Å². The molecule has 14 rings (SSSR count). The molecule has 0 atom stereocenters. The number of nitriles is 3. The van der Waals surface area contributed by atoms with Gasteiger partial charge in [0.1, 0.15) is 53.9 Å². The number of aromatic amines is 2. The van der Waals surface area contributed by atoms with E-state index in [1.807, 2.05) is 103 Å². The van der Waals surface area contributed by atoms with Crippen molar-refractivity contribution in [1.29, 1.82) is 15.8 Å². The van der Waals surface area contributed by atoms with Gasteiger partial charge in [-0.15, -0.1) is 30.6 Å². The number of imidazole rings is 3. The summed E-state index contributed by atoms with van der Waals surface area (Å²) in [6.45, 7) is 19.3. The molecule has 6 aromatic heterocycles. The first-order chi connectivity index (χ1) is 52.3. The van der Waals surface area contributed by atoms with Crippen molar-refractivity contribution in [3.63, 3.8) is 0 Å². The van der Waals surface area contributed by atoms with Crippen LogP contribution in [0.1, 0.15) is 120 Å². The van der Waals surface area contributed by atoms with Crippen LogP contribution >= 0.6 is 0 Å². The number of H-pyrrole nitrogens is 2. The normalized spacial score (nSPS) is 11.2. The zero-order valence-corrected chi connectivity index (χ0v) is 61.7. The van der Waals surface area contributed by atoms with E-state index in [4.69, 9.17) is 25.8 Å². The van der Waals surface area contributed by atoms with Gasteiger partial charge in [-0.3, -0.25) is 14.7 Å². The number of aromatic nitrogens is 15. The number of hydrogen-bond donors (Lipinski definition) is 2. The molecule has 0 saturated heterocycles. The zero-order chi connectivity index (χ0) is 74.3. The highest BCUT2D eigenvalue weighted by atomic mass is 15.3. The first-order valence-electron chi connectivity index (χ1n) is 36.2. The second kappa shape index (κ2) is 36.7. The third kappa shape index (κ3) is 21.1. The van der Waals surface area contributed by atoms with Gasteiger partial charge in [0.2, 0.25) is 0 Å². The maximum atomic E-state index is 9.07. The van der Waals surface area contributed by atoms with Gasteiger partial charge in [0.25, 0.3) is 0 Å². The molecule has 0 aliphatic rings. The van der Waals surface area contributed by atoms with Crippen LogP contribution in [0.2, 0.25) is 0 Å². The topological polar surface area (TPSA) is 248 Å². The highest BCUT2D eigenvalue weighted by Crippen LogP contribution is 2.22. The molecule has 2 N–H and O–H groups in total. The van der Waals surface area contributed by atoms with Gasteiger partial charge in [0.15, 0.2) is 0 Å². The average Bonchev–Trinajstić information content (AvgIpc) is 1.67. The van der Waals surface area contributed by atoms with Crippen LogP contribution < -0.4 is 0 Å². The Balaban J connectivity index is 0.000000150. The summed E-state index contributed by atoms with van der Waals surface area (Å²) in [6.07, 6.45) is 11.0. The molecule has 21 heteroatoms. The molecule has 0 saturated carbocycles. The largest absolute Gasteiger partial charge is 0.346 e. The highest BCUT2D eigenvalue weighted by Gasteiger charge is 2.20. The third-order valence-corrected chi connectivity index (χ3v) is 19.1. The molecule has 0 bridgehead atoms. The van der Waals surface area contributed by atoms with Crippen molar-refractivity contribution >= 4 is 11.0 Å². The maximum Gasteiger partial charge on any atom is 0.147 e. The van der Waals surface area contributed by atoms with Crippen molar-refractivity contribution in [2.75, 3.05) is 19.6 Å². The molecule has 0 fully saturated rings. The lowest BCUT2D eigenvalue weighted by molar-refractivity contribution is 0.242. The van der Waals surface area contributed by atoms with Crippen molar-refractivity contribution in [1.82, 2.24) is 88.5 Å². The van der Waals surface area contributed by atoms with Crippen molar-refractivity contribution in [3.05, 3.63) is 338 Å². The molecule has 0 aliphatic carbocycles. The van der Waals surface area contributed by atoms with Gasteiger partial charge in [-0.1, -0.05) is 175 Å². The minimum Gasteiger partial charge on any atom is -0.346 e. The molecule has 538 valence electrons. The first kappa shape index (κ1) is 74.1. The molecule has 0 radical (unpaired) electrons. The fourth-order valence-electron chi connectivity index (χ4n) is 12.7. The number of rotatable bonds is 29. The number of nitrogens with zero attached hydrogens (tertiary/aromatic N) is 19. The Morgan fingerprint density at radius 2 is 0.804 bits per heavy atom. The van der Waals surface area contributed by atoms with Gasteiger partial charge in [-0.05, 0) is 129 Å². The van der Waals surface area contributed by atoms with Gasteiger partial charge in [0.05, 0.1) is 97.4 Å². The summed E-state index contributed by atoms with van der Waals surface area (Å²) in [5.74, 6) is 5.64. The Labute approximate surface area is 625 Å². The third-order valence-electron chi connectivity index (χ3n) is 19.1. The fraction of sp³-hybridized carbons (Fsp3) is 0.256. The highest BCUT2D eigenvalue weighted by molar-refractivity contribution is 5.75. The summed E-state index contributed by atoms with van der Waals surface area (Å²) >= 11 is 0. The molecule has 0 spiro atoms. The Morgan fingerprint density at radius 1 is 0.411 bits per heavy atom. The standard InChI is InChI=1S/C30H29N7.C29H29N7.C27H31N7/c1-23-7-9-24(10-8-23)15-16-36(20-28-18-32-30(34-28)27-5-3-2-4-6-27)21-29-35-33-22-37(29)19-26-13-11-25(17-31)12-14-26;1-22-7-9-23(10-8-22)15-16-35(19-28-32-26-5-3-4-6-27(26)34(28)2)20-29-33-31-21-36(29)18-25-13-11-24(17-30)12-14-25;1-4-26-30-21(3)25(31-26)17-33(14-13-22-7-5-20(2)6-8-22)18-27-32-29-19-34(27)16-24-11-9-23(15-28)10-12-24/h2-14,18,22H,15-16,19-21H2,1H3,(H,32,34);3-14,21H,15-16,18-20H2,1-2H3;5-12,19H,4,13-14,16-18H2,1-3H3,(H,30,31). The predicted molar refractivity (Wildman–Crippen MR) is 415 cm³/mol. The van der Waals surface area contributed by atoms with Crippen LogP contribution in [0.4, 0.5) is 0 Å². The Morgan fingerprint density at radius 3 is 1.21 bits per heavy atom. The number of fused-ring (bicyclic) bond motifs is 1. The van der Waals surface area contributed by atoms with Crippen molar-refractivity contribution in [2.45, 2.75) is 119 Å². The van der Waals surface area contributed by atoms with Crippen molar-refractivity contribution in [3.8, 4) is 29.6 Å². The number of para-hydroxylation sites is 2. The molecule has 0 aliphatic heterocycles. The van der Waals surface area contributed by atoms with Crippen LogP contribution in [-0.4, -0.2) is 108 Å². The van der Waals surface area contributed by atoms with Crippen molar-refractivity contribution < 1.29 is 0 Å². The summed E-state index contributed by atoms with van der Waals surface area (Å²) in [5.41, 5.74) is 19.5. The molecule has 0 amide bonds. The monoisotopic (exact) mass is 1420 g/mol. The number of benzene rings is 8. The van der Waals surface area contributed by atoms with E-state index in [-0.39, 0.29) is 0 Å². The second-order valence-electron chi connectivity index (χ2n) is 27.2. The van der Waals surface area contributed by atoms with E-state index in [2.05, 4.69) is 242 Å². The second-order valence-corrected chi connectivity index (χ2v) is 27.2. The Kier molecular flexibility index (Phi) is 25.4. The minimum absolute atomic E-state index is 0.655. The van der Waals surface area contributed by atoms with E-state index in [0.29, 0.717) is 62.5 Å². The maximum absolute atomic E-state index is 9.07. The SMILES string of the molecule is CCc1nc(CN(CCc2ccc(C)cc2)Cc2nncn2Cc2ccc(C#N)cc2)c(C)[nH]1.Cc1ccc(CCN(Cc2cnc(-c3ccccc3)[nH]2)Cc2nncn2Cc2ccc(C#N)cc2)cc1.Cc1ccc(CCN(Cc2nncn2Cc2ccc(C#N)cc2)Cc2nc3ccccc3n2C)cc1. The summed E-state index contributed by atoms with van der Waals surface area (Å²) in [4.78, 5) is 28.4. The lowest BCUT2D eigenvalue weighted by Gasteiger charge is -2.22. The van der Waals surface area contributed by atoms with Crippen LogP contribution in [0.25, 0.3) is 22.4 Å². The molecule has 14 aromatic rings. The van der Waals surface area contributed by atoms with Crippen LogP contribution in [0, 0.1) is 61.7 Å². The van der Waals surface area contributed by atoms with E-state index in [1.165, 1.54) is 33.4 Å². The number of aryl methyl sites for hydroxylation is 6. The lowest BCUT2D eigenvalue weighted by Crippen LogP contribution is -2.28. The molecule has 107 heavy (non-hydrogen) atoms. The van der Waals surface area contributed by atoms with E-state index in [0.717, 1.165) is 144 Å². The van der Waals surface area contributed by atoms with Gasteiger partial charge in [-0.25, -0.2) is 15.0 Å². The Bertz CT molecular complexity index is 5230. The first-order valence-corrected chi connectivity index (χ1v) is 36.2. The number of hydrogen-bond acceptors (Lipinski definition) is 15. The van der Waals surface area contributed by atoms with Gasteiger partial charge < -0.3 is 28.2 Å². The van der Waals surface area contributed by atoms with E-state index in [1.54, 1.807) is 19.0 Å². The summed E-state index contributed by atoms with van der Waals surface area (Å²) in [7, 11) is 2.08. The van der Waals surface area contributed by atoms with E-state index in [9.17, 15) is 0 Å². The minimum atomic E-state index is 0.655. The molecular formula is C86H89N21. The molecule has 21 nitrogen and oxygen atoms in total. The molecule has 0 unspecified atom stereocenters. The Hall–Kier alpha value is -12.6. The lowest BCUT2D eigenvalue weighted by atomic mass is 10.1. The number of nitrogens with one attached hydrogen (secondary N) is 2. The summed E-state index contributed by atoms with van der Waals surface area (Å²) < 4.78 is 8.41. The van der Waals surface area contributed by atoms with Crippen LogP contribution in [-0.2, 0) is 91.6 Å². The fourth-order valence-corrected chi connectivity index (χ4v) is 12.7. The van der Waals surface area contributed by atoms with Gasteiger partial charge in [-0.2, -0.15) is 15.8 Å². The summed E-state index contributed by atoms with van der Waals surface area (Å²) in [6, 6.07) is 74.1. The molecule has 6 heterocycles. The van der Waals surface area contributed by atoms with Crippen LogP contribution in [0.15, 0.2) is 225 Å². The zero-order valence-electron chi connectivity index (χ0n) is 61.7. The van der Waals surface area contributed by atoms with Gasteiger partial charge in [0, 0.05) is 69.3 Å².